The zero-order valence-corrected chi connectivity index (χ0v) is 18.8. The molecular formula is C23H22Cl2FNO4. The van der Waals surface area contributed by atoms with Crippen LogP contribution in [-0.4, -0.2) is 26.7 Å². The lowest BCUT2D eigenvalue weighted by molar-refractivity contribution is -0.139. The number of benzene rings is 2. The zero-order chi connectivity index (χ0) is 23.0. The maximum absolute atomic E-state index is 15.1. The third kappa shape index (κ3) is 4.14. The molecule has 0 fully saturated rings. The maximum Gasteiger partial charge on any atom is 0.311 e. The highest BCUT2D eigenvalue weighted by atomic mass is 35.5. The second-order valence-electron chi connectivity index (χ2n) is 7.70. The number of aromatic hydroxyl groups is 1. The van der Waals surface area contributed by atoms with E-state index in [1.54, 1.807) is 6.92 Å². The topological polar surface area (TPSA) is 79.5 Å². The molecule has 31 heavy (non-hydrogen) atoms. The molecule has 1 aromatic heterocycles. The Balaban J connectivity index is 2.32. The summed E-state index contributed by atoms with van der Waals surface area (Å²) in [6, 6.07) is 6.92. The second-order valence-corrected chi connectivity index (χ2v) is 8.52. The minimum atomic E-state index is -1.12. The molecule has 5 nitrogen and oxygen atoms in total. The van der Waals surface area contributed by atoms with E-state index in [1.165, 1.54) is 28.8 Å². The van der Waals surface area contributed by atoms with Crippen LogP contribution < -0.4 is 0 Å². The van der Waals surface area contributed by atoms with E-state index in [-0.39, 0.29) is 44.4 Å². The van der Waals surface area contributed by atoms with E-state index in [0.29, 0.717) is 5.69 Å². The van der Waals surface area contributed by atoms with Gasteiger partial charge in [0.1, 0.15) is 0 Å². The van der Waals surface area contributed by atoms with E-state index >= 15 is 4.39 Å². The summed E-state index contributed by atoms with van der Waals surface area (Å²) in [5.74, 6) is -4.17. The van der Waals surface area contributed by atoms with Crippen molar-refractivity contribution in [1.29, 1.82) is 0 Å². The van der Waals surface area contributed by atoms with Crippen molar-refractivity contribution in [3.8, 4) is 5.75 Å². The monoisotopic (exact) mass is 465 g/mol. The Kier molecular flexibility index (Phi) is 6.62. The van der Waals surface area contributed by atoms with E-state index in [2.05, 4.69) is 0 Å². The first kappa shape index (κ1) is 23.1. The summed E-state index contributed by atoms with van der Waals surface area (Å²) in [5.41, 5.74) is 0.869. The Morgan fingerprint density at radius 2 is 1.84 bits per heavy atom. The molecule has 0 radical (unpaired) electrons. The number of carboxylic acids is 1. The summed E-state index contributed by atoms with van der Waals surface area (Å²) in [4.78, 5) is 25.5. The Hall–Kier alpha value is -2.57. The van der Waals surface area contributed by atoms with Crippen LogP contribution in [0.25, 0.3) is 10.9 Å². The van der Waals surface area contributed by atoms with Crippen molar-refractivity contribution < 1.29 is 24.2 Å². The van der Waals surface area contributed by atoms with Crippen molar-refractivity contribution in [2.24, 2.45) is 5.92 Å². The summed E-state index contributed by atoms with van der Waals surface area (Å²) in [5, 5.41) is 20.3. The van der Waals surface area contributed by atoms with Gasteiger partial charge in [0, 0.05) is 16.6 Å². The van der Waals surface area contributed by atoms with E-state index in [9.17, 15) is 19.8 Å². The third-order valence-electron chi connectivity index (χ3n) is 5.69. The van der Waals surface area contributed by atoms with Crippen LogP contribution in [0.15, 0.2) is 30.3 Å². The number of nitrogens with zero attached hydrogens (tertiary/aromatic N) is 1. The fourth-order valence-corrected chi connectivity index (χ4v) is 4.14. The fraction of sp³-hybridized carbons (Fsp3) is 0.304. The first-order chi connectivity index (χ1) is 14.6. The van der Waals surface area contributed by atoms with Crippen molar-refractivity contribution in [2.45, 2.75) is 39.5 Å². The average Bonchev–Trinajstić information content (AvgIpc) is 3.02. The summed E-state index contributed by atoms with van der Waals surface area (Å²) >= 11 is 12.0. The van der Waals surface area contributed by atoms with Gasteiger partial charge in [0.25, 0.3) is 5.91 Å². The number of aliphatic carboxylic acids is 1. The summed E-state index contributed by atoms with van der Waals surface area (Å²) < 4.78 is 16.3. The molecule has 2 unspecified atom stereocenters. The van der Waals surface area contributed by atoms with Crippen LogP contribution in [0.1, 0.15) is 54.2 Å². The number of rotatable bonds is 6. The van der Waals surface area contributed by atoms with Crippen molar-refractivity contribution in [2.75, 3.05) is 0 Å². The molecule has 0 aliphatic heterocycles. The van der Waals surface area contributed by atoms with Gasteiger partial charge in [0.05, 0.1) is 21.5 Å². The molecule has 0 aliphatic rings. The predicted molar refractivity (Wildman–Crippen MR) is 119 cm³/mol. The average molecular weight is 466 g/mol. The SMILES string of the molecule is CCC(C)CC(C(=O)O)c1c(C)n(C(=O)c2ccc(Cl)c(Cl)c2)c2ccc(O)c(F)c12. The molecule has 0 aliphatic carbocycles. The van der Waals surface area contributed by atoms with E-state index in [4.69, 9.17) is 23.2 Å². The van der Waals surface area contributed by atoms with E-state index < -0.39 is 29.4 Å². The van der Waals surface area contributed by atoms with Gasteiger partial charge in [-0.15, -0.1) is 0 Å². The predicted octanol–water partition coefficient (Wildman–Crippen LogP) is 6.39. The number of carbonyl (C=O) groups excluding carboxylic acids is 1. The highest BCUT2D eigenvalue weighted by Crippen LogP contribution is 2.40. The molecule has 2 aromatic carbocycles. The third-order valence-corrected chi connectivity index (χ3v) is 6.43. The molecule has 1 heterocycles. The first-order valence-electron chi connectivity index (χ1n) is 9.83. The van der Waals surface area contributed by atoms with Crippen LogP contribution in [0.3, 0.4) is 0 Å². The number of halogens is 3. The molecular weight excluding hydrogens is 444 g/mol. The van der Waals surface area contributed by atoms with Crippen LogP contribution in [0.5, 0.6) is 5.75 Å². The van der Waals surface area contributed by atoms with Crippen LogP contribution in [-0.2, 0) is 4.79 Å². The smallest absolute Gasteiger partial charge is 0.311 e. The highest BCUT2D eigenvalue weighted by Gasteiger charge is 2.32. The second kappa shape index (κ2) is 8.89. The Labute approximate surface area is 189 Å². The Morgan fingerprint density at radius 1 is 1.16 bits per heavy atom. The van der Waals surface area contributed by atoms with Gasteiger partial charge in [-0.05, 0) is 55.2 Å². The lowest BCUT2D eigenvalue weighted by Crippen LogP contribution is -2.18. The molecule has 2 atom stereocenters. The van der Waals surface area contributed by atoms with Gasteiger partial charge in [-0.3, -0.25) is 14.2 Å². The van der Waals surface area contributed by atoms with Gasteiger partial charge < -0.3 is 10.2 Å². The van der Waals surface area contributed by atoms with Crippen molar-refractivity contribution in [1.82, 2.24) is 4.57 Å². The number of aromatic nitrogens is 1. The first-order valence-corrected chi connectivity index (χ1v) is 10.6. The molecule has 0 saturated heterocycles. The standard InChI is InChI=1S/C23H22Cl2FNO4/c1-4-11(2)9-14(23(30)31)19-12(3)27(17-7-8-18(28)21(26)20(17)19)22(29)13-5-6-15(24)16(25)10-13/h5-8,10-11,14,28H,4,9H2,1-3H3,(H,30,31). The largest absolute Gasteiger partial charge is 0.505 e. The van der Waals surface area contributed by atoms with Gasteiger partial charge >= 0.3 is 5.97 Å². The van der Waals surface area contributed by atoms with Gasteiger partial charge in [-0.2, -0.15) is 0 Å². The molecule has 164 valence electrons. The molecule has 3 rings (SSSR count). The molecule has 0 amide bonds. The molecule has 8 heteroatoms. The van der Waals surface area contributed by atoms with Crippen molar-refractivity contribution in [3.63, 3.8) is 0 Å². The number of carbonyl (C=O) groups is 2. The normalized spacial score (nSPS) is 13.4. The number of carboxylic acid groups (broad SMARTS) is 1. The molecule has 3 aromatic rings. The van der Waals surface area contributed by atoms with Gasteiger partial charge in [0.15, 0.2) is 11.6 Å². The van der Waals surface area contributed by atoms with Gasteiger partial charge in [-0.1, -0.05) is 43.5 Å². The number of hydrogen-bond donors (Lipinski definition) is 2. The lowest BCUT2D eigenvalue weighted by atomic mass is 9.87. The molecule has 2 N–H and O–H groups in total. The van der Waals surface area contributed by atoms with E-state index in [0.717, 1.165) is 12.5 Å². The molecule has 0 saturated carbocycles. The van der Waals surface area contributed by atoms with Gasteiger partial charge in [-0.25, -0.2) is 4.39 Å². The fourth-order valence-electron chi connectivity index (χ4n) is 3.84. The van der Waals surface area contributed by atoms with Crippen LogP contribution in [0.2, 0.25) is 10.0 Å². The van der Waals surface area contributed by atoms with E-state index in [1.807, 2.05) is 13.8 Å². The number of fused-ring (bicyclic) bond motifs is 1. The quantitative estimate of drug-likeness (QED) is 0.441. The number of hydrogen-bond acceptors (Lipinski definition) is 3. The zero-order valence-electron chi connectivity index (χ0n) is 17.2. The van der Waals surface area contributed by atoms with Crippen LogP contribution in [0.4, 0.5) is 4.39 Å². The molecule has 0 spiro atoms. The maximum atomic E-state index is 15.1. The van der Waals surface area contributed by atoms with Gasteiger partial charge in [0.2, 0.25) is 0 Å². The lowest BCUT2D eigenvalue weighted by Gasteiger charge is -2.18. The summed E-state index contributed by atoms with van der Waals surface area (Å²) in [6.07, 6.45) is 1.01. The van der Waals surface area contributed by atoms with Crippen LogP contribution in [0, 0.1) is 18.7 Å². The minimum Gasteiger partial charge on any atom is -0.505 e. The highest BCUT2D eigenvalue weighted by molar-refractivity contribution is 6.42. The summed E-state index contributed by atoms with van der Waals surface area (Å²) in [7, 11) is 0. The van der Waals surface area contributed by atoms with Crippen molar-refractivity contribution >= 4 is 46.0 Å². The van der Waals surface area contributed by atoms with Crippen molar-refractivity contribution in [3.05, 3.63) is 63.0 Å². The molecule has 0 bridgehead atoms. The summed E-state index contributed by atoms with van der Waals surface area (Å²) in [6.45, 7) is 5.44. The number of phenolic OH excluding ortho intramolecular Hbond substituents is 1. The number of phenols is 1. The Morgan fingerprint density at radius 3 is 2.42 bits per heavy atom. The van der Waals surface area contributed by atoms with Crippen LogP contribution >= 0.6 is 23.2 Å². The minimum absolute atomic E-state index is 0.0602. The Bertz CT molecular complexity index is 1190.